The maximum atomic E-state index is 12.5. The highest BCUT2D eigenvalue weighted by molar-refractivity contribution is 5.91. The minimum Gasteiger partial charge on any atom is -0.447 e. The minimum atomic E-state index is -0.378. The van der Waals surface area contributed by atoms with Crippen LogP contribution in [0.2, 0.25) is 0 Å². The van der Waals surface area contributed by atoms with Crippen LogP contribution >= 0.6 is 0 Å². The van der Waals surface area contributed by atoms with Gasteiger partial charge >= 0.3 is 0 Å². The zero-order valence-corrected chi connectivity index (χ0v) is 14.9. The van der Waals surface area contributed by atoms with Gasteiger partial charge in [-0.2, -0.15) is 5.10 Å². The number of nitrogens with one attached hydrogen (secondary N) is 3. The van der Waals surface area contributed by atoms with Crippen molar-refractivity contribution >= 4 is 11.7 Å². The number of aromatic nitrogens is 5. The van der Waals surface area contributed by atoms with Crippen LogP contribution in [0, 0.1) is 13.8 Å². The molecule has 0 aliphatic rings. The molecule has 0 bridgehead atoms. The Hall–Kier alpha value is -3.23. The van der Waals surface area contributed by atoms with Crippen molar-refractivity contribution in [3.8, 4) is 0 Å². The van der Waals surface area contributed by atoms with Crippen LogP contribution < -0.4 is 10.6 Å². The topological polar surface area (TPSA) is 122 Å². The lowest BCUT2D eigenvalue weighted by molar-refractivity contribution is 0.0923. The molecule has 0 aromatic carbocycles. The number of rotatable bonds is 7. The summed E-state index contributed by atoms with van der Waals surface area (Å²) in [5, 5.41) is 12.8. The van der Waals surface area contributed by atoms with Gasteiger partial charge in [0.2, 0.25) is 11.7 Å². The molecule has 3 aromatic rings. The van der Waals surface area contributed by atoms with Crippen LogP contribution in [0.1, 0.15) is 46.3 Å². The molecule has 9 heteroatoms. The summed E-state index contributed by atoms with van der Waals surface area (Å²) in [5.41, 5.74) is 2.76. The molecular formula is C17H21N7O2. The summed E-state index contributed by atoms with van der Waals surface area (Å²) in [6.45, 7) is 6.23. The number of aryl methyl sites for hydroxylation is 1. The summed E-state index contributed by atoms with van der Waals surface area (Å²) in [5.74, 6) is 0.810. The van der Waals surface area contributed by atoms with E-state index in [1.807, 2.05) is 20.0 Å². The number of hydrogen-bond acceptors (Lipinski definition) is 7. The number of carbonyl (C=O) groups is 1. The van der Waals surface area contributed by atoms with Crippen molar-refractivity contribution < 1.29 is 9.21 Å². The summed E-state index contributed by atoms with van der Waals surface area (Å²) in [4.78, 5) is 25.2. The van der Waals surface area contributed by atoms with E-state index in [9.17, 15) is 4.79 Å². The fourth-order valence-electron chi connectivity index (χ4n) is 2.41. The number of carbonyl (C=O) groups excluding carboxylic acids is 1. The Bertz CT molecular complexity index is 860. The predicted molar refractivity (Wildman–Crippen MR) is 94.7 cm³/mol. The molecule has 0 saturated heterocycles. The smallest absolute Gasteiger partial charge is 0.289 e. The molecule has 0 saturated carbocycles. The molecule has 1 amide bonds. The normalized spacial score (nSPS) is 12.0. The summed E-state index contributed by atoms with van der Waals surface area (Å²) in [6.07, 6.45) is 7.42. The van der Waals surface area contributed by atoms with Gasteiger partial charge in [0.1, 0.15) is 18.1 Å². The molecular weight excluding hydrogens is 334 g/mol. The summed E-state index contributed by atoms with van der Waals surface area (Å²) >= 11 is 0. The highest BCUT2D eigenvalue weighted by Crippen LogP contribution is 2.16. The maximum absolute atomic E-state index is 12.5. The molecule has 3 rings (SSSR count). The Balaban J connectivity index is 1.69. The first-order valence-corrected chi connectivity index (χ1v) is 8.31. The van der Waals surface area contributed by atoms with Crippen LogP contribution in [0.4, 0.5) is 5.82 Å². The molecule has 3 N–H and O–H groups in total. The minimum absolute atomic E-state index is 0.109. The largest absolute Gasteiger partial charge is 0.447 e. The SMILES string of the molecule is Cc1nc(C(=O)NC(C)c2ncco2)nc(NCCc2cn[nH]c2)c1C. The van der Waals surface area contributed by atoms with E-state index in [2.05, 4.69) is 35.8 Å². The third-order valence-electron chi connectivity index (χ3n) is 4.02. The van der Waals surface area contributed by atoms with Crippen LogP contribution in [0.3, 0.4) is 0 Å². The molecule has 9 nitrogen and oxygen atoms in total. The maximum Gasteiger partial charge on any atom is 0.289 e. The second-order valence-electron chi connectivity index (χ2n) is 5.96. The molecule has 1 atom stereocenters. The Labute approximate surface area is 150 Å². The van der Waals surface area contributed by atoms with E-state index in [4.69, 9.17) is 4.42 Å². The second-order valence-corrected chi connectivity index (χ2v) is 5.96. The van der Waals surface area contributed by atoms with Crippen LogP contribution in [-0.4, -0.2) is 37.6 Å². The standard InChI is InChI=1S/C17H21N7O2/c1-10-11(2)22-15(16(25)23-12(3)17-19-6-7-26-17)24-14(10)18-5-4-13-8-20-21-9-13/h6-9,12H,4-5H2,1-3H3,(H,20,21)(H,23,25)(H,18,22,24). The van der Waals surface area contributed by atoms with Crippen molar-refractivity contribution in [3.63, 3.8) is 0 Å². The van der Waals surface area contributed by atoms with Crippen molar-refractivity contribution in [2.75, 3.05) is 11.9 Å². The van der Waals surface area contributed by atoms with E-state index in [0.717, 1.165) is 23.2 Å². The fraction of sp³-hybridized carbons (Fsp3) is 0.353. The van der Waals surface area contributed by atoms with Gasteiger partial charge in [0.25, 0.3) is 5.91 Å². The number of H-pyrrole nitrogens is 1. The highest BCUT2D eigenvalue weighted by Gasteiger charge is 2.19. The molecule has 26 heavy (non-hydrogen) atoms. The zero-order chi connectivity index (χ0) is 18.5. The van der Waals surface area contributed by atoms with Gasteiger partial charge in [0.15, 0.2) is 0 Å². The second kappa shape index (κ2) is 7.77. The third-order valence-corrected chi connectivity index (χ3v) is 4.02. The molecule has 0 aliphatic heterocycles. The van der Waals surface area contributed by atoms with Gasteiger partial charge in [-0.1, -0.05) is 0 Å². The Kier molecular flexibility index (Phi) is 5.26. The summed E-state index contributed by atoms with van der Waals surface area (Å²) in [7, 11) is 0. The van der Waals surface area contributed by atoms with Gasteiger partial charge in [-0.3, -0.25) is 9.89 Å². The van der Waals surface area contributed by atoms with E-state index >= 15 is 0 Å². The fourth-order valence-corrected chi connectivity index (χ4v) is 2.41. The molecule has 0 radical (unpaired) electrons. The van der Waals surface area contributed by atoms with Crippen LogP contribution in [0.5, 0.6) is 0 Å². The van der Waals surface area contributed by atoms with E-state index < -0.39 is 0 Å². The molecule has 0 aliphatic carbocycles. The molecule has 0 fully saturated rings. The van der Waals surface area contributed by atoms with Gasteiger partial charge in [-0.25, -0.2) is 15.0 Å². The molecule has 3 heterocycles. The van der Waals surface area contributed by atoms with E-state index in [-0.39, 0.29) is 17.8 Å². The Morgan fingerprint density at radius 3 is 2.88 bits per heavy atom. The van der Waals surface area contributed by atoms with Crippen molar-refractivity contribution in [2.24, 2.45) is 0 Å². The van der Waals surface area contributed by atoms with Crippen LogP contribution in [0.15, 0.2) is 29.3 Å². The first-order chi connectivity index (χ1) is 12.5. The number of anilines is 1. The van der Waals surface area contributed by atoms with Gasteiger partial charge < -0.3 is 15.1 Å². The number of nitrogens with zero attached hydrogens (tertiary/aromatic N) is 4. The first-order valence-electron chi connectivity index (χ1n) is 8.31. The zero-order valence-electron chi connectivity index (χ0n) is 14.9. The molecule has 3 aromatic heterocycles. The molecule has 136 valence electrons. The van der Waals surface area contributed by atoms with Crippen LogP contribution in [-0.2, 0) is 6.42 Å². The first kappa shape index (κ1) is 17.6. The van der Waals surface area contributed by atoms with Crippen molar-refractivity contribution in [1.29, 1.82) is 0 Å². The Morgan fingerprint density at radius 1 is 1.35 bits per heavy atom. The number of aromatic amines is 1. The lowest BCUT2D eigenvalue weighted by atomic mass is 10.2. The predicted octanol–water partition coefficient (Wildman–Crippen LogP) is 1.95. The Morgan fingerprint density at radius 2 is 2.19 bits per heavy atom. The summed E-state index contributed by atoms with van der Waals surface area (Å²) in [6, 6.07) is -0.375. The number of amides is 1. The lowest BCUT2D eigenvalue weighted by Gasteiger charge is -2.13. The van der Waals surface area contributed by atoms with Crippen LogP contribution in [0.25, 0.3) is 0 Å². The highest BCUT2D eigenvalue weighted by atomic mass is 16.3. The van der Waals surface area contributed by atoms with Crippen molar-refractivity contribution in [3.05, 3.63) is 53.4 Å². The van der Waals surface area contributed by atoms with Gasteiger partial charge in [-0.05, 0) is 32.8 Å². The van der Waals surface area contributed by atoms with E-state index in [1.54, 1.807) is 13.1 Å². The number of oxazole rings is 1. The van der Waals surface area contributed by atoms with Gasteiger partial charge in [0, 0.05) is 24.0 Å². The molecule has 0 spiro atoms. The monoisotopic (exact) mass is 355 g/mol. The van der Waals surface area contributed by atoms with E-state index in [0.29, 0.717) is 18.3 Å². The quantitative estimate of drug-likeness (QED) is 0.592. The van der Waals surface area contributed by atoms with Gasteiger partial charge in [0.05, 0.1) is 12.4 Å². The lowest BCUT2D eigenvalue weighted by Crippen LogP contribution is -2.29. The van der Waals surface area contributed by atoms with E-state index in [1.165, 1.54) is 12.5 Å². The average molecular weight is 355 g/mol. The van der Waals surface area contributed by atoms with Crippen molar-refractivity contribution in [1.82, 2.24) is 30.5 Å². The summed E-state index contributed by atoms with van der Waals surface area (Å²) < 4.78 is 5.20. The molecule has 1 unspecified atom stereocenters. The van der Waals surface area contributed by atoms with Gasteiger partial charge in [-0.15, -0.1) is 0 Å². The third kappa shape index (κ3) is 4.05. The number of hydrogen-bond donors (Lipinski definition) is 3. The average Bonchev–Trinajstić information content (AvgIpc) is 3.31. The van der Waals surface area contributed by atoms with Crippen molar-refractivity contribution in [2.45, 2.75) is 33.2 Å².